The molecule has 5 heteroatoms. The van der Waals surface area contributed by atoms with Gasteiger partial charge in [-0.3, -0.25) is 9.59 Å². The average molecular weight is 326 g/mol. The topological polar surface area (TPSA) is 49.4 Å². The van der Waals surface area contributed by atoms with Crippen molar-refractivity contribution in [3.05, 3.63) is 66.0 Å². The van der Waals surface area contributed by atoms with Gasteiger partial charge in [0.1, 0.15) is 5.82 Å². The molecule has 1 fully saturated rings. The number of halogens is 1. The van der Waals surface area contributed by atoms with Crippen LogP contribution in [0.4, 0.5) is 10.1 Å². The maximum Gasteiger partial charge on any atom is 0.227 e. The Morgan fingerprint density at radius 1 is 1.12 bits per heavy atom. The lowest BCUT2D eigenvalue weighted by Gasteiger charge is -2.17. The SMILES string of the molecule is O=C(NCCc1ccccc1)[C@@H]1CC(=O)N(c2ccccc2F)C1. The number of hydrogen-bond acceptors (Lipinski definition) is 2. The quantitative estimate of drug-likeness (QED) is 0.918. The molecule has 0 bridgehead atoms. The van der Waals surface area contributed by atoms with E-state index < -0.39 is 11.7 Å². The number of carbonyl (C=O) groups is 2. The van der Waals surface area contributed by atoms with E-state index >= 15 is 0 Å². The fraction of sp³-hybridized carbons (Fsp3) is 0.263. The molecular weight excluding hydrogens is 307 g/mol. The Bertz CT molecular complexity index is 733. The Hall–Kier alpha value is -2.69. The Labute approximate surface area is 140 Å². The third-order valence-electron chi connectivity index (χ3n) is 4.19. The summed E-state index contributed by atoms with van der Waals surface area (Å²) in [5, 5.41) is 2.87. The van der Waals surface area contributed by atoms with Crippen molar-refractivity contribution in [1.82, 2.24) is 5.32 Å². The van der Waals surface area contributed by atoms with E-state index in [0.29, 0.717) is 6.54 Å². The summed E-state index contributed by atoms with van der Waals surface area (Å²) in [4.78, 5) is 25.7. The predicted octanol–water partition coefficient (Wildman–Crippen LogP) is 2.54. The third-order valence-corrected chi connectivity index (χ3v) is 4.19. The lowest BCUT2D eigenvalue weighted by molar-refractivity contribution is -0.126. The number of hydrogen-bond donors (Lipinski definition) is 1. The highest BCUT2D eigenvalue weighted by Gasteiger charge is 2.35. The molecule has 1 aliphatic heterocycles. The highest BCUT2D eigenvalue weighted by Crippen LogP contribution is 2.27. The zero-order valence-corrected chi connectivity index (χ0v) is 13.2. The zero-order chi connectivity index (χ0) is 16.9. The second kappa shape index (κ2) is 7.25. The van der Waals surface area contributed by atoms with Crippen LogP contribution in [0.3, 0.4) is 0 Å². The minimum Gasteiger partial charge on any atom is -0.355 e. The van der Waals surface area contributed by atoms with Crippen LogP contribution in [0.25, 0.3) is 0 Å². The van der Waals surface area contributed by atoms with Crippen LogP contribution in [0.2, 0.25) is 0 Å². The molecule has 2 aromatic rings. The number of carbonyl (C=O) groups excluding carboxylic acids is 2. The maximum absolute atomic E-state index is 13.8. The van der Waals surface area contributed by atoms with Gasteiger partial charge in [-0.15, -0.1) is 0 Å². The van der Waals surface area contributed by atoms with Crippen LogP contribution in [0, 0.1) is 11.7 Å². The first-order chi connectivity index (χ1) is 11.6. The lowest BCUT2D eigenvalue weighted by atomic mass is 10.1. The highest BCUT2D eigenvalue weighted by atomic mass is 19.1. The van der Waals surface area contributed by atoms with Gasteiger partial charge in [-0.1, -0.05) is 42.5 Å². The molecule has 0 radical (unpaired) electrons. The van der Waals surface area contributed by atoms with Gasteiger partial charge in [-0.25, -0.2) is 4.39 Å². The molecular formula is C19H19FN2O2. The van der Waals surface area contributed by atoms with Gasteiger partial charge < -0.3 is 10.2 Å². The van der Waals surface area contributed by atoms with E-state index in [0.717, 1.165) is 12.0 Å². The van der Waals surface area contributed by atoms with Crippen LogP contribution in [0.5, 0.6) is 0 Å². The number of amides is 2. The first-order valence-electron chi connectivity index (χ1n) is 8.01. The predicted molar refractivity (Wildman–Crippen MR) is 90.0 cm³/mol. The van der Waals surface area contributed by atoms with E-state index in [1.54, 1.807) is 18.2 Å². The average Bonchev–Trinajstić information content (AvgIpc) is 2.98. The van der Waals surface area contributed by atoms with Crippen LogP contribution < -0.4 is 10.2 Å². The molecule has 2 aromatic carbocycles. The first kappa shape index (κ1) is 16.2. The second-order valence-electron chi connectivity index (χ2n) is 5.88. The number of rotatable bonds is 5. The van der Waals surface area contributed by atoms with Gasteiger partial charge in [-0.2, -0.15) is 0 Å². The summed E-state index contributed by atoms with van der Waals surface area (Å²) < 4.78 is 13.8. The smallest absolute Gasteiger partial charge is 0.227 e. The minimum absolute atomic E-state index is 0.117. The zero-order valence-electron chi connectivity index (χ0n) is 13.2. The summed E-state index contributed by atoms with van der Waals surface area (Å²) in [5.41, 5.74) is 1.38. The summed E-state index contributed by atoms with van der Waals surface area (Å²) in [6.07, 6.45) is 0.857. The van der Waals surface area contributed by atoms with Gasteiger partial charge in [0.2, 0.25) is 11.8 Å². The molecule has 1 aliphatic rings. The lowest BCUT2D eigenvalue weighted by Crippen LogP contribution is -2.34. The Kier molecular flexibility index (Phi) is 4.89. The molecule has 1 saturated heterocycles. The van der Waals surface area contributed by atoms with Crippen LogP contribution in [-0.4, -0.2) is 24.9 Å². The van der Waals surface area contributed by atoms with Crippen molar-refractivity contribution in [1.29, 1.82) is 0 Å². The van der Waals surface area contributed by atoms with E-state index in [4.69, 9.17) is 0 Å². The van der Waals surface area contributed by atoms with Gasteiger partial charge in [0.15, 0.2) is 0 Å². The Balaban J connectivity index is 1.55. The van der Waals surface area contributed by atoms with Crippen molar-refractivity contribution in [3.63, 3.8) is 0 Å². The largest absolute Gasteiger partial charge is 0.355 e. The molecule has 4 nitrogen and oxygen atoms in total. The summed E-state index contributed by atoms with van der Waals surface area (Å²) in [7, 11) is 0. The summed E-state index contributed by atoms with van der Waals surface area (Å²) in [5.74, 6) is -1.26. The number of para-hydroxylation sites is 1. The van der Waals surface area contributed by atoms with Gasteiger partial charge in [0.05, 0.1) is 11.6 Å². The van der Waals surface area contributed by atoms with Crippen LogP contribution >= 0.6 is 0 Å². The van der Waals surface area contributed by atoms with Gasteiger partial charge >= 0.3 is 0 Å². The fourth-order valence-electron chi connectivity index (χ4n) is 2.91. The normalized spacial score (nSPS) is 17.1. The molecule has 3 rings (SSSR count). The first-order valence-corrected chi connectivity index (χ1v) is 8.01. The monoisotopic (exact) mass is 326 g/mol. The van der Waals surface area contributed by atoms with Crippen LogP contribution in [0.1, 0.15) is 12.0 Å². The number of nitrogens with zero attached hydrogens (tertiary/aromatic N) is 1. The maximum atomic E-state index is 13.8. The van der Waals surface area contributed by atoms with E-state index in [1.807, 2.05) is 30.3 Å². The number of nitrogens with one attached hydrogen (secondary N) is 1. The van der Waals surface area contributed by atoms with Gasteiger partial charge in [0.25, 0.3) is 0 Å². The fourth-order valence-corrected chi connectivity index (χ4v) is 2.91. The van der Waals surface area contributed by atoms with Gasteiger partial charge in [0, 0.05) is 19.5 Å². The molecule has 0 saturated carbocycles. The van der Waals surface area contributed by atoms with Crippen LogP contribution in [0.15, 0.2) is 54.6 Å². The van der Waals surface area contributed by atoms with Crippen molar-refractivity contribution >= 4 is 17.5 Å². The Morgan fingerprint density at radius 3 is 2.58 bits per heavy atom. The van der Waals surface area contributed by atoms with E-state index in [1.165, 1.54) is 11.0 Å². The number of benzene rings is 2. The van der Waals surface area contributed by atoms with Gasteiger partial charge in [-0.05, 0) is 24.1 Å². The molecule has 124 valence electrons. The summed E-state index contributed by atoms with van der Waals surface area (Å²) >= 11 is 0. The Morgan fingerprint density at radius 2 is 1.83 bits per heavy atom. The third kappa shape index (κ3) is 3.62. The molecule has 0 aliphatic carbocycles. The van der Waals surface area contributed by atoms with Crippen molar-refractivity contribution in [2.24, 2.45) is 5.92 Å². The summed E-state index contributed by atoms with van der Waals surface area (Å²) in [6, 6.07) is 16.0. The van der Waals surface area contributed by atoms with Crippen molar-refractivity contribution in [2.75, 3.05) is 18.0 Å². The molecule has 0 aromatic heterocycles. The minimum atomic E-state index is -0.448. The molecule has 1 heterocycles. The second-order valence-corrected chi connectivity index (χ2v) is 5.88. The highest BCUT2D eigenvalue weighted by molar-refractivity contribution is 6.00. The van der Waals surface area contributed by atoms with Crippen molar-refractivity contribution in [3.8, 4) is 0 Å². The molecule has 1 N–H and O–H groups in total. The van der Waals surface area contributed by atoms with Crippen molar-refractivity contribution < 1.29 is 14.0 Å². The molecule has 24 heavy (non-hydrogen) atoms. The van der Waals surface area contributed by atoms with E-state index in [2.05, 4.69) is 5.32 Å². The number of anilines is 1. The van der Waals surface area contributed by atoms with Crippen LogP contribution in [-0.2, 0) is 16.0 Å². The molecule has 2 amide bonds. The van der Waals surface area contributed by atoms with E-state index in [-0.39, 0.29) is 30.5 Å². The van der Waals surface area contributed by atoms with Crippen molar-refractivity contribution in [2.45, 2.75) is 12.8 Å². The molecule has 1 atom stereocenters. The van der Waals surface area contributed by atoms with E-state index in [9.17, 15) is 14.0 Å². The molecule has 0 spiro atoms. The standard InChI is InChI=1S/C19H19FN2O2/c20-16-8-4-5-9-17(16)22-13-15(12-18(22)23)19(24)21-11-10-14-6-2-1-3-7-14/h1-9,15H,10-13H2,(H,21,24)/t15-/m1/s1. The summed E-state index contributed by atoms with van der Waals surface area (Å²) in [6.45, 7) is 0.740. The molecule has 0 unspecified atom stereocenters.